The van der Waals surface area contributed by atoms with Crippen molar-refractivity contribution in [2.75, 3.05) is 7.11 Å². The van der Waals surface area contributed by atoms with Gasteiger partial charge in [0.2, 0.25) is 5.90 Å². The molecule has 0 fully saturated rings. The largest absolute Gasteiger partial charge is 0.493 e. The highest BCUT2D eigenvalue weighted by atomic mass is 79.9. The lowest BCUT2D eigenvalue weighted by Crippen LogP contribution is -2.06. The Balaban J connectivity index is 1.69. The number of aliphatic imine (C=N–C) groups is 1. The van der Waals surface area contributed by atoms with Crippen LogP contribution >= 0.6 is 27.5 Å². The lowest BCUT2D eigenvalue weighted by Gasteiger charge is -2.14. The van der Waals surface area contributed by atoms with E-state index >= 15 is 0 Å². The van der Waals surface area contributed by atoms with E-state index in [0.717, 1.165) is 10.0 Å². The highest BCUT2D eigenvalue weighted by Crippen LogP contribution is 2.35. The van der Waals surface area contributed by atoms with E-state index in [2.05, 4.69) is 20.9 Å². The summed E-state index contributed by atoms with van der Waals surface area (Å²) in [6.45, 7) is 0.250. The summed E-state index contributed by atoms with van der Waals surface area (Å²) < 4.78 is 17.6. The number of para-hydroxylation sites is 1. The summed E-state index contributed by atoms with van der Waals surface area (Å²) in [6.07, 6.45) is 1.50. The fraction of sp³-hybridized carbons (Fsp3) is 0.0833. The van der Waals surface area contributed by atoms with E-state index in [1.165, 1.54) is 31.4 Å². The van der Waals surface area contributed by atoms with E-state index in [0.29, 0.717) is 17.1 Å². The molecule has 0 aromatic heterocycles. The van der Waals surface area contributed by atoms with Gasteiger partial charge in [-0.15, -0.1) is 0 Å². The van der Waals surface area contributed by atoms with Gasteiger partial charge in [0.25, 0.3) is 5.69 Å². The fourth-order valence-electron chi connectivity index (χ4n) is 3.19. The Morgan fingerprint density at radius 2 is 1.97 bits per heavy atom. The van der Waals surface area contributed by atoms with Crippen LogP contribution in [-0.4, -0.2) is 23.9 Å². The molecule has 3 aromatic rings. The van der Waals surface area contributed by atoms with Gasteiger partial charge >= 0.3 is 5.97 Å². The SMILES string of the molecule is COc1cccc(/C=C2\N=C(c3cc([N+](=O)[O-])ccc3Cl)OC2=O)c1OCc1ccccc1Br. The molecule has 1 heterocycles. The molecular formula is C24H16BrClN2O6. The molecule has 8 nitrogen and oxygen atoms in total. The van der Waals surface area contributed by atoms with E-state index in [1.54, 1.807) is 18.2 Å². The number of hydrogen-bond acceptors (Lipinski definition) is 7. The van der Waals surface area contributed by atoms with Crippen LogP contribution in [0.15, 0.2) is 75.8 Å². The van der Waals surface area contributed by atoms with Crippen molar-refractivity contribution >= 4 is 51.2 Å². The number of non-ortho nitro benzene ring substituents is 1. The van der Waals surface area contributed by atoms with Crippen LogP contribution in [0.4, 0.5) is 5.69 Å². The number of rotatable bonds is 7. The standard InChI is InChI=1S/C24H16BrClN2O6/c1-32-21-8-4-6-14(22(21)33-13-15-5-2-3-7-18(15)25)11-20-24(29)34-23(27-20)17-12-16(28(30)31)9-10-19(17)26/h2-12H,13H2,1H3/b20-11-. The molecule has 4 rings (SSSR count). The zero-order valence-electron chi connectivity index (χ0n) is 17.7. The Morgan fingerprint density at radius 1 is 1.18 bits per heavy atom. The number of nitro groups is 1. The van der Waals surface area contributed by atoms with E-state index < -0.39 is 10.9 Å². The maximum Gasteiger partial charge on any atom is 0.363 e. The van der Waals surface area contributed by atoms with Crippen LogP contribution in [0, 0.1) is 10.1 Å². The van der Waals surface area contributed by atoms with Gasteiger partial charge in [-0.1, -0.05) is 57.9 Å². The lowest BCUT2D eigenvalue weighted by atomic mass is 10.1. The second-order valence-corrected chi connectivity index (χ2v) is 8.28. The van der Waals surface area contributed by atoms with Gasteiger partial charge in [-0.3, -0.25) is 10.1 Å². The first-order valence-corrected chi connectivity index (χ1v) is 11.0. The quantitative estimate of drug-likeness (QED) is 0.158. The Bertz CT molecular complexity index is 1360. The molecule has 0 atom stereocenters. The number of nitro benzene ring substituents is 1. The van der Waals surface area contributed by atoms with Gasteiger partial charge in [0.05, 0.1) is 22.6 Å². The average Bonchev–Trinajstić information content (AvgIpc) is 3.18. The maximum atomic E-state index is 12.5. The number of esters is 1. The number of carbonyl (C=O) groups is 1. The number of cyclic esters (lactones) is 1. The Labute approximate surface area is 207 Å². The Hall–Kier alpha value is -3.69. The first kappa shape index (κ1) is 23.5. The summed E-state index contributed by atoms with van der Waals surface area (Å²) in [5, 5.41) is 11.3. The zero-order valence-corrected chi connectivity index (χ0v) is 20.0. The van der Waals surface area contributed by atoms with Crippen molar-refractivity contribution in [1.29, 1.82) is 0 Å². The minimum absolute atomic E-state index is 0.0171. The van der Waals surface area contributed by atoms with Gasteiger partial charge in [0.1, 0.15) is 6.61 Å². The third-order valence-corrected chi connectivity index (χ3v) is 5.97. The lowest BCUT2D eigenvalue weighted by molar-refractivity contribution is -0.384. The zero-order chi connectivity index (χ0) is 24.2. The van der Waals surface area contributed by atoms with Gasteiger partial charge in [0.15, 0.2) is 17.2 Å². The summed E-state index contributed by atoms with van der Waals surface area (Å²) in [7, 11) is 1.52. The van der Waals surface area contributed by atoms with Crippen LogP contribution in [0.5, 0.6) is 11.5 Å². The van der Waals surface area contributed by atoms with Gasteiger partial charge < -0.3 is 14.2 Å². The monoisotopic (exact) mass is 542 g/mol. The minimum atomic E-state index is -0.725. The molecule has 3 aromatic carbocycles. The second kappa shape index (κ2) is 10.1. The molecule has 0 saturated heterocycles. The highest BCUT2D eigenvalue weighted by Gasteiger charge is 2.27. The molecule has 0 saturated carbocycles. The van der Waals surface area contributed by atoms with Crippen molar-refractivity contribution in [2.24, 2.45) is 4.99 Å². The van der Waals surface area contributed by atoms with Crippen LogP contribution < -0.4 is 9.47 Å². The van der Waals surface area contributed by atoms with Crippen LogP contribution in [-0.2, 0) is 16.1 Å². The molecule has 172 valence electrons. The predicted molar refractivity (Wildman–Crippen MR) is 130 cm³/mol. The Morgan fingerprint density at radius 3 is 2.71 bits per heavy atom. The summed E-state index contributed by atoms with van der Waals surface area (Å²) in [6, 6.07) is 16.7. The Kier molecular flexibility index (Phi) is 6.95. The fourth-order valence-corrected chi connectivity index (χ4v) is 3.79. The van der Waals surface area contributed by atoms with Crippen LogP contribution in [0.2, 0.25) is 5.02 Å². The summed E-state index contributed by atoms with van der Waals surface area (Å²) in [5.41, 5.74) is 1.38. The van der Waals surface area contributed by atoms with Gasteiger partial charge in [-0.2, -0.15) is 0 Å². The molecule has 0 radical (unpaired) electrons. The van der Waals surface area contributed by atoms with Crippen molar-refractivity contribution in [3.05, 3.63) is 103 Å². The van der Waals surface area contributed by atoms with Gasteiger partial charge in [-0.05, 0) is 24.3 Å². The molecule has 0 aliphatic carbocycles. The van der Waals surface area contributed by atoms with Crippen molar-refractivity contribution in [2.45, 2.75) is 6.61 Å². The molecule has 1 aliphatic heterocycles. The third-order valence-electron chi connectivity index (χ3n) is 4.86. The number of ether oxygens (including phenoxy) is 3. The molecule has 0 spiro atoms. The van der Waals surface area contributed by atoms with Crippen LogP contribution in [0.3, 0.4) is 0 Å². The van der Waals surface area contributed by atoms with Crippen LogP contribution in [0.25, 0.3) is 6.08 Å². The summed E-state index contributed by atoms with van der Waals surface area (Å²) in [4.78, 5) is 27.3. The topological polar surface area (TPSA) is 100 Å². The number of carbonyl (C=O) groups excluding carboxylic acids is 1. The van der Waals surface area contributed by atoms with Crippen molar-refractivity contribution in [3.63, 3.8) is 0 Å². The first-order chi connectivity index (χ1) is 16.4. The molecule has 34 heavy (non-hydrogen) atoms. The van der Waals surface area contributed by atoms with Crippen LogP contribution in [0.1, 0.15) is 16.7 Å². The van der Waals surface area contributed by atoms with Gasteiger partial charge in [-0.25, -0.2) is 9.79 Å². The number of methoxy groups -OCH3 is 1. The molecule has 0 amide bonds. The first-order valence-electron chi connectivity index (χ1n) is 9.87. The van der Waals surface area contributed by atoms with E-state index in [9.17, 15) is 14.9 Å². The third kappa shape index (κ3) is 4.95. The van der Waals surface area contributed by atoms with Crippen molar-refractivity contribution < 1.29 is 23.9 Å². The number of nitrogens with zero attached hydrogens (tertiary/aromatic N) is 2. The molecule has 0 N–H and O–H groups in total. The number of hydrogen-bond donors (Lipinski definition) is 0. The number of halogens is 2. The minimum Gasteiger partial charge on any atom is -0.493 e. The van der Waals surface area contributed by atoms with E-state index in [-0.39, 0.29) is 34.5 Å². The predicted octanol–water partition coefficient (Wildman–Crippen LogP) is 5.94. The summed E-state index contributed by atoms with van der Waals surface area (Å²) >= 11 is 9.66. The molecule has 10 heteroatoms. The molecular weight excluding hydrogens is 528 g/mol. The van der Waals surface area contributed by atoms with E-state index in [1.807, 2.05) is 24.3 Å². The normalized spacial score (nSPS) is 14.0. The summed E-state index contributed by atoms with van der Waals surface area (Å²) in [5.74, 6) is 0.0393. The second-order valence-electron chi connectivity index (χ2n) is 7.02. The molecule has 0 unspecified atom stereocenters. The number of benzene rings is 3. The highest BCUT2D eigenvalue weighted by molar-refractivity contribution is 9.10. The van der Waals surface area contributed by atoms with Crippen molar-refractivity contribution in [1.82, 2.24) is 0 Å². The molecule has 0 bridgehead atoms. The van der Waals surface area contributed by atoms with Crippen molar-refractivity contribution in [3.8, 4) is 11.5 Å². The molecule has 1 aliphatic rings. The maximum absolute atomic E-state index is 12.5. The smallest absolute Gasteiger partial charge is 0.363 e. The average molecular weight is 544 g/mol. The van der Waals surface area contributed by atoms with E-state index in [4.69, 9.17) is 25.8 Å². The van der Waals surface area contributed by atoms with Gasteiger partial charge in [0, 0.05) is 27.7 Å².